The van der Waals surface area contributed by atoms with Gasteiger partial charge in [-0.05, 0) is 48.5 Å². The van der Waals surface area contributed by atoms with E-state index in [-0.39, 0.29) is 35.2 Å². The van der Waals surface area contributed by atoms with E-state index in [1.165, 1.54) is 61.0 Å². The van der Waals surface area contributed by atoms with Gasteiger partial charge in [-0.3, -0.25) is 9.59 Å². The molecule has 174 valence electrons. The number of nitrogens with zero attached hydrogens (tertiary/aromatic N) is 2. The van der Waals surface area contributed by atoms with Gasteiger partial charge < -0.3 is 25.2 Å². The van der Waals surface area contributed by atoms with Gasteiger partial charge >= 0.3 is 0 Å². The number of phenolic OH excluding ortho intramolecular Hbond substituents is 4. The maximum atomic E-state index is 12.1. The van der Waals surface area contributed by atoms with Gasteiger partial charge in [0.15, 0.2) is 6.61 Å². The van der Waals surface area contributed by atoms with Crippen LogP contribution in [0.3, 0.4) is 0 Å². The third-order valence-electron chi connectivity index (χ3n) is 4.28. The molecule has 0 atom stereocenters. The van der Waals surface area contributed by atoms with E-state index in [1.807, 2.05) is 0 Å². The first kappa shape index (κ1) is 23.6. The Labute approximate surface area is 193 Å². The monoisotopic (exact) mass is 464 g/mol. The van der Waals surface area contributed by atoms with Crippen molar-refractivity contribution in [3.05, 3.63) is 77.4 Å². The summed E-state index contributed by atoms with van der Waals surface area (Å²) in [6.45, 7) is -0.342. The molecule has 2 amide bonds. The van der Waals surface area contributed by atoms with Crippen molar-refractivity contribution in [2.75, 3.05) is 6.61 Å². The highest BCUT2D eigenvalue weighted by Crippen LogP contribution is 2.21. The number of nitrogens with one attached hydrogen (secondary N) is 2. The molecule has 3 rings (SSSR count). The number of amides is 2. The average Bonchev–Trinajstić information content (AvgIpc) is 2.81. The van der Waals surface area contributed by atoms with Crippen LogP contribution >= 0.6 is 0 Å². The Morgan fingerprint density at radius 3 is 1.82 bits per heavy atom. The van der Waals surface area contributed by atoms with Crippen LogP contribution in [0.1, 0.15) is 21.5 Å². The summed E-state index contributed by atoms with van der Waals surface area (Å²) in [5.74, 6) is -1.30. The van der Waals surface area contributed by atoms with Crippen molar-refractivity contribution in [3.8, 4) is 28.7 Å². The molecule has 34 heavy (non-hydrogen) atoms. The minimum absolute atomic E-state index is 0.0967. The van der Waals surface area contributed by atoms with Crippen LogP contribution in [-0.2, 0) is 4.79 Å². The van der Waals surface area contributed by atoms with Gasteiger partial charge in [0.1, 0.15) is 28.7 Å². The number of hydrogen-bond acceptors (Lipinski definition) is 9. The SMILES string of the molecule is O=C(COc1ccc(C(=O)N/N=C\c2ccc(O)cc2O)cc1)N/N=C\c1ccc(O)cc1O. The number of phenols is 4. The van der Waals surface area contributed by atoms with Gasteiger partial charge in [0.25, 0.3) is 11.8 Å². The second kappa shape index (κ2) is 11.0. The summed E-state index contributed by atoms with van der Waals surface area (Å²) < 4.78 is 5.33. The number of rotatable bonds is 8. The number of hydrazone groups is 2. The van der Waals surface area contributed by atoms with Crippen LogP contribution in [0.15, 0.2) is 70.9 Å². The summed E-state index contributed by atoms with van der Waals surface area (Å²) in [5, 5.41) is 45.3. The van der Waals surface area contributed by atoms with Crippen molar-refractivity contribution in [1.29, 1.82) is 0 Å². The Bertz CT molecular complexity index is 1240. The smallest absolute Gasteiger partial charge is 0.277 e. The lowest BCUT2D eigenvalue weighted by molar-refractivity contribution is -0.123. The molecule has 6 N–H and O–H groups in total. The normalized spacial score (nSPS) is 10.9. The molecule has 0 aliphatic rings. The van der Waals surface area contributed by atoms with E-state index in [9.17, 15) is 30.0 Å². The molecule has 0 aliphatic carbocycles. The van der Waals surface area contributed by atoms with Gasteiger partial charge in [0, 0.05) is 28.8 Å². The minimum Gasteiger partial charge on any atom is -0.508 e. The zero-order valence-electron chi connectivity index (χ0n) is 17.5. The van der Waals surface area contributed by atoms with Crippen molar-refractivity contribution in [2.24, 2.45) is 10.2 Å². The number of carbonyl (C=O) groups is 2. The van der Waals surface area contributed by atoms with Crippen molar-refractivity contribution < 1.29 is 34.8 Å². The lowest BCUT2D eigenvalue weighted by Crippen LogP contribution is -2.24. The van der Waals surface area contributed by atoms with Crippen LogP contribution in [0.5, 0.6) is 28.7 Å². The van der Waals surface area contributed by atoms with Crippen LogP contribution in [0, 0.1) is 0 Å². The second-order valence-corrected chi connectivity index (χ2v) is 6.79. The lowest BCUT2D eigenvalue weighted by atomic mass is 10.2. The molecule has 0 heterocycles. The molecule has 11 heteroatoms. The quantitative estimate of drug-likeness (QED) is 0.218. The molecule has 0 aliphatic heterocycles. The molecule has 3 aromatic rings. The molecular formula is C23H20N4O7. The van der Waals surface area contributed by atoms with Crippen LogP contribution in [-0.4, -0.2) is 51.3 Å². The van der Waals surface area contributed by atoms with Gasteiger partial charge in [-0.15, -0.1) is 0 Å². The minimum atomic E-state index is -0.553. The fourth-order valence-corrected chi connectivity index (χ4v) is 2.56. The lowest BCUT2D eigenvalue weighted by Gasteiger charge is -2.06. The molecule has 0 aromatic heterocycles. The second-order valence-electron chi connectivity index (χ2n) is 6.79. The zero-order valence-corrected chi connectivity index (χ0v) is 17.5. The van der Waals surface area contributed by atoms with Crippen LogP contribution in [0.2, 0.25) is 0 Å². The largest absolute Gasteiger partial charge is 0.508 e. The Balaban J connectivity index is 1.45. The third-order valence-corrected chi connectivity index (χ3v) is 4.28. The van der Waals surface area contributed by atoms with E-state index >= 15 is 0 Å². The van der Waals surface area contributed by atoms with Gasteiger partial charge in [-0.25, -0.2) is 10.9 Å². The maximum absolute atomic E-state index is 12.1. The maximum Gasteiger partial charge on any atom is 0.277 e. The van der Waals surface area contributed by atoms with Gasteiger partial charge in [0.05, 0.1) is 12.4 Å². The molecule has 0 saturated carbocycles. The summed E-state index contributed by atoms with van der Waals surface area (Å²) in [6, 6.07) is 13.8. The first-order valence-electron chi connectivity index (χ1n) is 9.74. The summed E-state index contributed by atoms with van der Waals surface area (Å²) in [7, 11) is 0. The van der Waals surface area contributed by atoms with E-state index < -0.39 is 11.8 Å². The van der Waals surface area contributed by atoms with E-state index in [4.69, 9.17) is 4.74 Å². The summed E-state index contributed by atoms with van der Waals surface area (Å²) in [5.41, 5.74) is 5.44. The molecule has 0 unspecified atom stereocenters. The molecule has 0 radical (unpaired) electrons. The fraction of sp³-hybridized carbons (Fsp3) is 0.0435. The van der Waals surface area contributed by atoms with Gasteiger partial charge in [-0.2, -0.15) is 10.2 Å². The molecular weight excluding hydrogens is 444 g/mol. The van der Waals surface area contributed by atoms with Crippen LogP contribution in [0.4, 0.5) is 0 Å². The zero-order chi connectivity index (χ0) is 24.5. The number of carbonyl (C=O) groups excluding carboxylic acids is 2. The first-order chi connectivity index (χ1) is 16.3. The van der Waals surface area contributed by atoms with E-state index in [0.717, 1.165) is 12.1 Å². The third kappa shape index (κ3) is 6.72. The molecule has 0 fully saturated rings. The molecule has 3 aromatic carbocycles. The number of hydrogen-bond donors (Lipinski definition) is 6. The molecule has 11 nitrogen and oxygen atoms in total. The fourth-order valence-electron chi connectivity index (χ4n) is 2.56. The average molecular weight is 464 g/mol. The van der Waals surface area contributed by atoms with E-state index in [1.54, 1.807) is 0 Å². The topological polar surface area (TPSA) is 173 Å². The molecule has 0 spiro atoms. The van der Waals surface area contributed by atoms with Crippen LogP contribution in [0.25, 0.3) is 0 Å². The van der Waals surface area contributed by atoms with Crippen LogP contribution < -0.4 is 15.6 Å². The highest BCUT2D eigenvalue weighted by Gasteiger charge is 2.07. The number of ether oxygens (including phenoxy) is 1. The number of aromatic hydroxyl groups is 4. The summed E-state index contributed by atoms with van der Waals surface area (Å²) in [6.07, 6.45) is 2.44. The summed E-state index contributed by atoms with van der Waals surface area (Å²) >= 11 is 0. The Kier molecular flexibility index (Phi) is 7.63. The Morgan fingerprint density at radius 2 is 1.29 bits per heavy atom. The molecule has 0 saturated heterocycles. The van der Waals surface area contributed by atoms with Gasteiger partial charge in [0.2, 0.25) is 0 Å². The predicted octanol–water partition coefficient (Wildman–Crippen LogP) is 1.80. The summed E-state index contributed by atoms with van der Waals surface area (Å²) in [4.78, 5) is 24.0. The Morgan fingerprint density at radius 1 is 0.765 bits per heavy atom. The van der Waals surface area contributed by atoms with Crippen molar-refractivity contribution in [3.63, 3.8) is 0 Å². The highest BCUT2D eigenvalue weighted by molar-refractivity contribution is 5.95. The number of benzene rings is 3. The van der Waals surface area contributed by atoms with E-state index in [0.29, 0.717) is 16.9 Å². The standard InChI is InChI=1S/C23H20N4O7/c28-17-5-1-15(20(30)9-17)11-24-26-22(32)13-34-19-7-3-14(4-8-19)23(33)27-25-12-16-2-6-18(29)10-21(16)31/h1-12,28-31H,13H2,(H,26,32)(H,27,33)/b24-11-,25-12-. The molecule has 0 bridgehead atoms. The van der Waals surface area contributed by atoms with E-state index in [2.05, 4.69) is 21.1 Å². The van der Waals surface area contributed by atoms with Crippen molar-refractivity contribution in [1.82, 2.24) is 10.9 Å². The van der Waals surface area contributed by atoms with Crippen molar-refractivity contribution >= 4 is 24.2 Å². The first-order valence-corrected chi connectivity index (χ1v) is 9.74. The highest BCUT2D eigenvalue weighted by atomic mass is 16.5. The Hall–Kier alpha value is -5.06. The van der Waals surface area contributed by atoms with Crippen molar-refractivity contribution in [2.45, 2.75) is 0 Å². The van der Waals surface area contributed by atoms with Gasteiger partial charge in [-0.1, -0.05) is 0 Å². The predicted molar refractivity (Wildman–Crippen MR) is 122 cm³/mol.